The van der Waals surface area contributed by atoms with Crippen LogP contribution in [0.1, 0.15) is 12.0 Å². The van der Waals surface area contributed by atoms with Crippen LogP contribution in [0.5, 0.6) is 0 Å². The third kappa shape index (κ3) is 1.06. The second-order valence-electron chi connectivity index (χ2n) is 2.97. The fourth-order valence-corrected chi connectivity index (χ4v) is 1.45. The first kappa shape index (κ1) is 6.88. The zero-order valence-electron chi connectivity index (χ0n) is 6.21. The normalized spacial score (nSPS) is 31.0. The highest BCUT2D eigenvalue weighted by Gasteiger charge is 2.33. The van der Waals surface area contributed by atoms with Crippen LogP contribution in [0.25, 0.3) is 0 Å². The van der Waals surface area contributed by atoms with E-state index in [0.29, 0.717) is 6.54 Å². The largest absolute Gasteiger partial charge is 0.472 e. The first-order chi connectivity index (χ1) is 5.31. The average molecular weight is 153 g/mol. The minimum atomic E-state index is -0.687. The highest BCUT2D eigenvalue weighted by atomic mass is 16.3. The molecule has 3 heteroatoms. The third-order valence-electron chi connectivity index (χ3n) is 2.19. The molecule has 1 atom stereocenters. The van der Waals surface area contributed by atoms with Crippen molar-refractivity contribution < 1.29 is 9.52 Å². The zero-order chi connectivity index (χ0) is 7.73. The van der Waals surface area contributed by atoms with Crippen molar-refractivity contribution in [2.75, 3.05) is 13.1 Å². The first-order valence-electron chi connectivity index (χ1n) is 3.77. The van der Waals surface area contributed by atoms with Gasteiger partial charge in [-0.15, -0.1) is 0 Å². The van der Waals surface area contributed by atoms with Crippen LogP contribution in [0.3, 0.4) is 0 Å². The predicted molar refractivity (Wildman–Crippen MR) is 40.1 cm³/mol. The lowest BCUT2D eigenvalue weighted by Crippen LogP contribution is -2.27. The Balaban J connectivity index is 2.27. The Morgan fingerprint density at radius 1 is 1.64 bits per heavy atom. The van der Waals surface area contributed by atoms with E-state index in [-0.39, 0.29) is 0 Å². The summed E-state index contributed by atoms with van der Waals surface area (Å²) in [6.07, 6.45) is 3.96. The molecule has 0 spiro atoms. The van der Waals surface area contributed by atoms with Gasteiger partial charge in [0.15, 0.2) is 0 Å². The summed E-state index contributed by atoms with van der Waals surface area (Å²) in [4.78, 5) is 0. The van der Waals surface area contributed by atoms with Crippen molar-refractivity contribution in [2.24, 2.45) is 0 Å². The van der Waals surface area contributed by atoms with Gasteiger partial charge in [0.2, 0.25) is 0 Å². The molecular formula is C8H11NO2. The van der Waals surface area contributed by atoms with E-state index in [1.54, 1.807) is 12.5 Å². The summed E-state index contributed by atoms with van der Waals surface area (Å²) in [6.45, 7) is 1.51. The van der Waals surface area contributed by atoms with E-state index in [4.69, 9.17) is 4.42 Å². The van der Waals surface area contributed by atoms with Gasteiger partial charge in [-0.1, -0.05) is 0 Å². The minimum Gasteiger partial charge on any atom is -0.472 e. The molecule has 2 heterocycles. The Hall–Kier alpha value is -0.800. The van der Waals surface area contributed by atoms with Crippen molar-refractivity contribution in [2.45, 2.75) is 12.0 Å². The fraction of sp³-hybridized carbons (Fsp3) is 0.500. The van der Waals surface area contributed by atoms with Crippen LogP contribution in [0, 0.1) is 0 Å². The molecule has 1 saturated heterocycles. The van der Waals surface area contributed by atoms with Crippen LogP contribution in [-0.4, -0.2) is 18.2 Å². The maximum atomic E-state index is 9.93. The molecule has 2 N–H and O–H groups in total. The van der Waals surface area contributed by atoms with E-state index < -0.39 is 5.60 Å². The van der Waals surface area contributed by atoms with E-state index in [9.17, 15) is 5.11 Å². The van der Waals surface area contributed by atoms with Crippen LogP contribution >= 0.6 is 0 Å². The van der Waals surface area contributed by atoms with Crippen molar-refractivity contribution >= 4 is 0 Å². The summed E-state index contributed by atoms with van der Waals surface area (Å²) in [5.74, 6) is 0. The molecule has 0 amide bonds. The topological polar surface area (TPSA) is 45.4 Å². The maximum absolute atomic E-state index is 9.93. The van der Waals surface area contributed by atoms with Gasteiger partial charge in [0.1, 0.15) is 5.60 Å². The number of furan rings is 1. The summed E-state index contributed by atoms with van der Waals surface area (Å²) in [6, 6.07) is 1.81. The Labute approximate surface area is 65.0 Å². The van der Waals surface area contributed by atoms with Gasteiger partial charge >= 0.3 is 0 Å². The SMILES string of the molecule is OC1(c2ccoc2)CCNC1. The molecule has 11 heavy (non-hydrogen) atoms. The summed E-state index contributed by atoms with van der Waals surface area (Å²) >= 11 is 0. The molecule has 1 aliphatic heterocycles. The molecule has 1 fully saturated rings. The van der Waals surface area contributed by atoms with Crippen LogP contribution in [0.15, 0.2) is 23.0 Å². The van der Waals surface area contributed by atoms with Crippen LogP contribution in [0.4, 0.5) is 0 Å². The van der Waals surface area contributed by atoms with E-state index in [2.05, 4.69) is 5.32 Å². The highest BCUT2D eigenvalue weighted by molar-refractivity contribution is 5.18. The standard InChI is InChI=1S/C8H11NO2/c10-8(2-3-9-6-8)7-1-4-11-5-7/h1,4-5,9-10H,2-3,6H2. The molecule has 1 unspecified atom stereocenters. The molecule has 1 aromatic rings. The van der Waals surface area contributed by atoms with Crippen LogP contribution < -0.4 is 5.32 Å². The monoisotopic (exact) mass is 153 g/mol. The molecule has 3 nitrogen and oxygen atoms in total. The summed E-state index contributed by atoms with van der Waals surface area (Å²) in [7, 11) is 0. The number of nitrogens with one attached hydrogen (secondary N) is 1. The van der Waals surface area contributed by atoms with Gasteiger partial charge in [-0.2, -0.15) is 0 Å². The van der Waals surface area contributed by atoms with Gasteiger partial charge in [-0.05, 0) is 19.0 Å². The smallest absolute Gasteiger partial charge is 0.106 e. The number of rotatable bonds is 1. The van der Waals surface area contributed by atoms with E-state index in [0.717, 1.165) is 18.5 Å². The lowest BCUT2D eigenvalue weighted by atomic mass is 9.96. The molecular weight excluding hydrogens is 142 g/mol. The number of hydrogen-bond acceptors (Lipinski definition) is 3. The van der Waals surface area contributed by atoms with Gasteiger partial charge < -0.3 is 14.8 Å². The lowest BCUT2D eigenvalue weighted by molar-refractivity contribution is 0.0581. The molecule has 1 aromatic heterocycles. The number of β-amino-alcohol motifs (C(OH)–C–C–N with tert-alkyl or cyclic N) is 1. The maximum Gasteiger partial charge on any atom is 0.106 e. The van der Waals surface area contributed by atoms with Gasteiger partial charge in [0.05, 0.1) is 12.5 Å². The number of aliphatic hydroxyl groups is 1. The van der Waals surface area contributed by atoms with Crippen LogP contribution in [-0.2, 0) is 5.60 Å². The second-order valence-corrected chi connectivity index (χ2v) is 2.97. The zero-order valence-corrected chi connectivity index (χ0v) is 6.21. The second kappa shape index (κ2) is 2.36. The Morgan fingerprint density at radius 3 is 3.09 bits per heavy atom. The third-order valence-corrected chi connectivity index (χ3v) is 2.19. The Morgan fingerprint density at radius 2 is 2.55 bits per heavy atom. The predicted octanol–water partition coefficient (Wildman–Crippen LogP) is 0.460. The fourth-order valence-electron chi connectivity index (χ4n) is 1.45. The van der Waals surface area contributed by atoms with Crippen molar-refractivity contribution in [3.63, 3.8) is 0 Å². The quantitative estimate of drug-likeness (QED) is 0.616. The average Bonchev–Trinajstić information content (AvgIpc) is 2.55. The Kier molecular flexibility index (Phi) is 1.47. The van der Waals surface area contributed by atoms with E-state index >= 15 is 0 Å². The van der Waals surface area contributed by atoms with Gasteiger partial charge in [-0.25, -0.2) is 0 Å². The molecule has 0 aromatic carbocycles. The van der Waals surface area contributed by atoms with Gasteiger partial charge in [0.25, 0.3) is 0 Å². The van der Waals surface area contributed by atoms with Crippen molar-refractivity contribution in [1.82, 2.24) is 5.32 Å². The van der Waals surface area contributed by atoms with Gasteiger partial charge in [0, 0.05) is 12.1 Å². The minimum absolute atomic E-state index is 0.631. The number of hydrogen-bond donors (Lipinski definition) is 2. The lowest BCUT2D eigenvalue weighted by Gasteiger charge is -2.18. The summed E-state index contributed by atoms with van der Waals surface area (Å²) in [5.41, 5.74) is 0.190. The Bertz CT molecular complexity index is 224. The summed E-state index contributed by atoms with van der Waals surface area (Å²) in [5, 5.41) is 13.0. The van der Waals surface area contributed by atoms with E-state index in [1.165, 1.54) is 0 Å². The molecule has 2 rings (SSSR count). The molecule has 0 aliphatic carbocycles. The van der Waals surface area contributed by atoms with E-state index in [1.807, 2.05) is 6.07 Å². The van der Waals surface area contributed by atoms with Crippen LogP contribution in [0.2, 0.25) is 0 Å². The molecule has 0 saturated carbocycles. The van der Waals surface area contributed by atoms with Gasteiger partial charge in [-0.3, -0.25) is 0 Å². The summed E-state index contributed by atoms with van der Waals surface area (Å²) < 4.78 is 4.90. The molecule has 1 aliphatic rings. The van der Waals surface area contributed by atoms with Crippen molar-refractivity contribution in [1.29, 1.82) is 0 Å². The molecule has 0 radical (unpaired) electrons. The first-order valence-corrected chi connectivity index (χ1v) is 3.77. The van der Waals surface area contributed by atoms with Crippen molar-refractivity contribution in [3.8, 4) is 0 Å². The highest BCUT2D eigenvalue weighted by Crippen LogP contribution is 2.27. The van der Waals surface area contributed by atoms with Crippen molar-refractivity contribution in [3.05, 3.63) is 24.2 Å². The molecule has 0 bridgehead atoms. The molecule has 60 valence electrons.